The highest BCUT2D eigenvalue weighted by molar-refractivity contribution is 6.31. The SMILES string of the molecule is O=c1cc2c(CO)nn(Cc3ccc4ncc(Cl)cc4c3)c2c[nH]1. The van der Waals surface area contributed by atoms with Gasteiger partial charge >= 0.3 is 0 Å². The Morgan fingerprint density at radius 2 is 2.12 bits per heavy atom. The zero-order chi connectivity index (χ0) is 16.7. The maximum absolute atomic E-state index is 11.5. The molecule has 4 aromatic rings. The Morgan fingerprint density at radius 3 is 2.96 bits per heavy atom. The summed E-state index contributed by atoms with van der Waals surface area (Å²) in [6, 6.07) is 9.23. The van der Waals surface area contributed by atoms with Gasteiger partial charge in [-0.2, -0.15) is 5.10 Å². The van der Waals surface area contributed by atoms with E-state index in [0.717, 1.165) is 22.0 Å². The van der Waals surface area contributed by atoms with Crippen LogP contribution in [0.1, 0.15) is 11.3 Å². The number of aliphatic hydroxyl groups excluding tert-OH is 1. The lowest BCUT2D eigenvalue weighted by molar-refractivity contribution is 0.276. The molecule has 24 heavy (non-hydrogen) atoms. The van der Waals surface area contributed by atoms with E-state index in [1.807, 2.05) is 24.3 Å². The molecule has 4 rings (SSSR count). The van der Waals surface area contributed by atoms with Gasteiger partial charge < -0.3 is 10.1 Å². The van der Waals surface area contributed by atoms with E-state index >= 15 is 0 Å². The van der Waals surface area contributed by atoms with E-state index in [2.05, 4.69) is 15.1 Å². The third kappa shape index (κ3) is 2.55. The fourth-order valence-corrected chi connectivity index (χ4v) is 2.99. The topological polar surface area (TPSA) is 83.8 Å². The zero-order valence-electron chi connectivity index (χ0n) is 12.5. The number of aromatic amines is 1. The molecule has 2 N–H and O–H groups in total. The van der Waals surface area contributed by atoms with Gasteiger partial charge in [0.25, 0.3) is 0 Å². The molecule has 0 aliphatic heterocycles. The Morgan fingerprint density at radius 1 is 1.25 bits per heavy atom. The number of fused-ring (bicyclic) bond motifs is 2. The first-order valence-corrected chi connectivity index (χ1v) is 7.75. The van der Waals surface area contributed by atoms with Crippen molar-refractivity contribution in [2.24, 2.45) is 0 Å². The Balaban J connectivity index is 1.80. The van der Waals surface area contributed by atoms with Crippen molar-refractivity contribution in [1.82, 2.24) is 19.7 Å². The van der Waals surface area contributed by atoms with E-state index in [-0.39, 0.29) is 12.2 Å². The van der Waals surface area contributed by atoms with Crippen molar-refractivity contribution < 1.29 is 5.11 Å². The van der Waals surface area contributed by atoms with Gasteiger partial charge in [-0.1, -0.05) is 17.7 Å². The molecule has 3 aromatic heterocycles. The maximum Gasteiger partial charge on any atom is 0.248 e. The van der Waals surface area contributed by atoms with Gasteiger partial charge in [-0.05, 0) is 23.8 Å². The predicted molar refractivity (Wildman–Crippen MR) is 92.1 cm³/mol. The highest BCUT2D eigenvalue weighted by Gasteiger charge is 2.11. The second kappa shape index (κ2) is 5.74. The summed E-state index contributed by atoms with van der Waals surface area (Å²) in [4.78, 5) is 18.4. The number of nitrogens with zero attached hydrogens (tertiary/aromatic N) is 3. The molecule has 7 heteroatoms. The van der Waals surface area contributed by atoms with Crippen LogP contribution < -0.4 is 5.56 Å². The lowest BCUT2D eigenvalue weighted by Crippen LogP contribution is -2.05. The van der Waals surface area contributed by atoms with Crippen LogP contribution in [-0.4, -0.2) is 24.9 Å². The van der Waals surface area contributed by atoms with E-state index in [9.17, 15) is 9.90 Å². The summed E-state index contributed by atoms with van der Waals surface area (Å²) in [5.74, 6) is 0. The van der Waals surface area contributed by atoms with Crippen molar-refractivity contribution in [1.29, 1.82) is 0 Å². The summed E-state index contributed by atoms with van der Waals surface area (Å²) in [5.41, 5.74) is 2.92. The number of benzene rings is 1. The molecule has 6 nitrogen and oxygen atoms in total. The second-order valence-corrected chi connectivity index (χ2v) is 5.98. The van der Waals surface area contributed by atoms with Gasteiger partial charge in [0.05, 0.1) is 34.9 Å². The Bertz CT molecular complexity index is 1120. The number of halogens is 1. The van der Waals surface area contributed by atoms with Gasteiger partial charge in [0, 0.05) is 29.2 Å². The van der Waals surface area contributed by atoms with E-state index in [1.165, 1.54) is 6.07 Å². The van der Waals surface area contributed by atoms with E-state index in [4.69, 9.17) is 11.6 Å². The summed E-state index contributed by atoms with van der Waals surface area (Å²) >= 11 is 6.00. The molecule has 0 aliphatic rings. The second-order valence-electron chi connectivity index (χ2n) is 5.54. The summed E-state index contributed by atoms with van der Waals surface area (Å²) in [6.07, 6.45) is 3.23. The molecule has 0 bridgehead atoms. The molecule has 0 saturated heterocycles. The standard InChI is InChI=1S/C17H13ClN4O2/c18-12-4-11-3-10(1-2-14(11)19-6-12)8-22-16-7-20-17(24)5-13(16)15(9-23)21-22/h1-7,23H,8-9H2,(H,20,24). The Labute approximate surface area is 141 Å². The quantitative estimate of drug-likeness (QED) is 0.600. The molecular weight excluding hydrogens is 328 g/mol. The number of pyridine rings is 2. The number of nitrogens with one attached hydrogen (secondary N) is 1. The van der Waals surface area contributed by atoms with Crippen molar-refractivity contribution in [2.45, 2.75) is 13.2 Å². The smallest absolute Gasteiger partial charge is 0.248 e. The average Bonchev–Trinajstić information content (AvgIpc) is 2.91. The third-order valence-corrected chi connectivity index (χ3v) is 4.13. The molecule has 0 fully saturated rings. The minimum atomic E-state index is -0.219. The minimum Gasteiger partial charge on any atom is -0.390 e. The Hall–Kier alpha value is -2.70. The monoisotopic (exact) mass is 340 g/mol. The number of aromatic nitrogens is 4. The lowest BCUT2D eigenvalue weighted by Gasteiger charge is -2.06. The molecule has 0 radical (unpaired) electrons. The van der Waals surface area contributed by atoms with Crippen molar-refractivity contribution in [3.8, 4) is 0 Å². The van der Waals surface area contributed by atoms with Crippen LogP contribution in [0.25, 0.3) is 21.8 Å². The van der Waals surface area contributed by atoms with Crippen molar-refractivity contribution in [3.05, 3.63) is 69.4 Å². The normalized spacial score (nSPS) is 11.4. The third-order valence-electron chi connectivity index (χ3n) is 3.93. The van der Waals surface area contributed by atoms with Crippen LogP contribution >= 0.6 is 11.6 Å². The zero-order valence-corrected chi connectivity index (χ0v) is 13.3. The van der Waals surface area contributed by atoms with Crippen LogP contribution in [0, 0.1) is 0 Å². The van der Waals surface area contributed by atoms with E-state index < -0.39 is 0 Å². The van der Waals surface area contributed by atoms with Gasteiger partial charge in [0.2, 0.25) is 5.56 Å². The minimum absolute atomic E-state index is 0.218. The van der Waals surface area contributed by atoms with Gasteiger partial charge in [-0.3, -0.25) is 14.5 Å². The van der Waals surface area contributed by atoms with Gasteiger partial charge in [-0.25, -0.2) is 0 Å². The first kappa shape index (κ1) is 14.9. The van der Waals surface area contributed by atoms with Crippen molar-refractivity contribution in [2.75, 3.05) is 0 Å². The first-order chi connectivity index (χ1) is 11.6. The van der Waals surface area contributed by atoms with Crippen LogP contribution in [0.3, 0.4) is 0 Å². The van der Waals surface area contributed by atoms with Crippen molar-refractivity contribution >= 4 is 33.4 Å². The highest BCUT2D eigenvalue weighted by atomic mass is 35.5. The molecule has 0 amide bonds. The largest absolute Gasteiger partial charge is 0.390 e. The van der Waals surface area contributed by atoms with Gasteiger partial charge in [0.15, 0.2) is 0 Å². The van der Waals surface area contributed by atoms with Gasteiger partial charge in [0.1, 0.15) is 0 Å². The highest BCUT2D eigenvalue weighted by Crippen LogP contribution is 2.21. The Kier molecular flexibility index (Phi) is 3.55. The molecule has 0 saturated carbocycles. The number of hydrogen-bond donors (Lipinski definition) is 2. The molecule has 3 heterocycles. The lowest BCUT2D eigenvalue weighted by atomic mass is 10.1. The fourth-order valence-electron chi connectivity index (χ4n) is 2.82. The maximum atomic E-state index is 11.5. The summed E-state index contributed by atoms with van der Waals surface area (Å²) in [6.45, 7) is 0.287. The van der Waals surface area contributed by atoms with Crippen LogP contribution in [0.5, 0.6) is 0 Å². The number of hydrogen-bond acceptors (Lipinski definition) is 4. The average molecular weight is 341 g/mol. The predicted octanol–water partition coefficient (Wildman–Crippen LogP) is 2.47. The summed E-state index contributed by atoms with van der Waals surface area (Å²) in [5, 5.41) is 16.1. The molecule has 0 atom stereocenters. The first-order valence-electron chi connectivity index (χ1n) is 7.37. The summed E-state index contributed by atoms with van der Waals surface area (Å²) < 4.78 is 1.76. The summed E-state index contributed by atoms with van der Waals surface area (Å²) in [7, 11) is 0. The van der Waals surface area contributed by atoms with Crippen LogP contribution in [0.4, 0.5) is 0 Å². The molecule has 0 aliphatic carbocycles. The van der Waals surface area contributed by atoms with Crippen LogP contribution in [0.2, 0.25) is 5.02 Å². The van der Waals surface area contributed by atoms with Crippen molar-refractivity contribution in [3.63, 3.8) is 0 Å². The van der Waals surface area contributed by atoms with Gasteiger partial charge in [-0.15, -0.1) is 0 Å². The van der Waals surface area contributed by atoms with Crippen LogP contribution in [0.15, 0.2) is 47.5 Å². The molecule has 1 aromatic carbocycles. The number of H-pyrrole nitrogens is 1. The van der Waals surface area contributed by atoms with Crippen LogP contribution in [-0.2, 0) is 13.2 Å². The molecule has 0 unspecified atom stereocenters. The molecule has 120 valence electrons. The molecule has 0 spiro atoms. The number of aliphatic hydroxyl groups is 1. The fraction of sp³-hybridized carbons (Fsp3) is 0.118. The number of rotatable bonds is 3. The van der Waals surface area contributed by atoms with E-state index in [1.54, 1.807) is 17.1 Å². The molecular formula is C17H13ClN4O2. The van der Waals surface area contributed by atoms with E-state index in [0.29, 0.717) is 22.6 Å².